The molecule has 1 atom stereocenters. The van der Waals surface area contributed by atoms with Gasteiger partial charge in [-0.3, -0.25) is 5.10 Å². The summed E-state index contributed by atoms with van der Waals surface area (Å²) in [6.07, 6.45) is 2.98. The Hall–Kier alpha value is -1.80. The zero-order chi connectivity index (χ0) is 16.6. The fraction of sp³-hybridized carbons (Fsp3) is 0.533. The average molecular weight is 335 g/mol. The number of piperidine rings is 1. The topological polar surface area (TPSA) is 91.8 Å². The smallest absolute Gasteiger partial charge is 0.211 e. The van der Waals surface area contributed by atoms with Crippen LogP contribution in [0.25, 0.3) is 11.4 Å². The number of hydrogen-bond donors (Lipinski definition) is 1. The molecule has 0 aliphatic carbocycles. The standard InChI is InChI=1S/C15H21N5O2S/c1-10-7-13(14-8-11(2)18-19-14)17-15(16-10)12-5-4-6-20(9-12)23(3,21)22/h7-8,12H,4-6,9H2,1-3H3,(H,18,19)/t12-/m0/s1. The van der Waals surface area contributed by atoms with Crippen molar-refractivity contribution in [1.29, 1.82) is 0 Å². The summed E-state index contributed by atoms with van der Waals surface area (Å²) in [6.45, 7) is 4.88. The van der Waals surface area contributed by atoms with Crippen molar-refractivity contribution in [2.24, 2.45) is 0 Å². The molecule has 2 aromatic heterocycles. The maximum atomic E-state index is 11.8. The van der Waals surface area contributed by atoms with Crippen LogP contribution in [0.1, 0.15) is 36.0 Å². The third-order valence-corrected chi connectivity index (χ3v) is 5.33. The predicted octanol–water partition coefficient (Wildman–Crippen LogP) is 1.62. The van der Waals surface area contributed by atoms with E-state index in [1.807, 2.05) is 26.0 Å². The first-order valence-corrected chi connectivity index (χ1v) is 9.51. The van der Waals surface area contributed by atoms with E-state index in [2.05, 4.69) is 20.2 Å². The van der Waals surface area contributed by atoms with Crippen molar-refractivity contribution in [3.8, 4) is 11.4 Å². The zero-order valence-corrected chi connectivity index (χ0v) is 14.4. The minimum atomic E-state index is -3.18. The number of rotatable bonds is 3. The molecule has 0 unspecified atom stereocenters. The molecule has 1 aliphatic rings. The first-order valence-electron chi connectivity index (χ1n) is 7.66. The maximum absolute atomic E-state index is 11.8. The van der Waals surface area contributed by atoms with Crippen LogP contribution in [0, 0.1) is 13.8 Å². The summed E-state index contributed by atoms with van der Waals surface area (Å²) in [7, 11) is -3.18. The molecule has 3 rings (SSSR count). The number of nitrogens with zero attached hydrogens (tertiary/aromatic N) is 4. The van der Waals surface area contributed by atoms with Gasteiger partial charge in [0.05, 0.1) is 11.9 Å². The second-order valence-corrected chi connectivity index (χ2v) is 8.13. The summed E-state index contributed by atoms with van der Waals surface area (Å²) in [5, 5.41) is 7.16. The fourth-order valence-corrected chi connectivity index (χ4v) is 3.82. The molecular weight excluding hydrogens is 314 g/mol. The van der Waals surface area contributed by atoms with Gasteiger partial charge in [0.15, 0.2) is 0 Å². The molecule has 8 heteroatoms. The van der Waals surface area contributed by atoms with E-state index in [0.29, 0.717) is 18.9 Å². The van der Waals surface area contributed by atoms with Crippen LogP contribution < -0.4 is 0 Å². The summed E-state index contributed by atoms with van der Waals surface area (Å²) in [5.41, 5.74) is 3.39. The Bertz CT molecular complexity index is 815. The molecule has 23 heavy (non-hydrogen) atoms. The Kier molecular flexibility index (Phi) is 4.20. The van der Waals surface area contributed by atoms with Gasteiger partial charge in [0, 0.05) is 30.4 Å². The molecule has 1 N–H and O–H groups in total. The molecule has 3 heterocycles. The number of aryl methyl sites for hydroxylation is 2. The summed E-state index contributed by atoms with van der Waals surface area (Å²) < 4.78 is 25.1. The number of aromatic nitrogens is 4. The summed E-state index contributed by atoms with van der Waals surface area (Å²) in [4.78, 5) is 9.18. The van der Waals surface area contributed by atoms with Gasteiger partial charge < -0.3 is 0 Å². The number of H-pyrrole nitrogens is 1. The first kappa shape index (κ1) is 16.1. The van der Waals surface area contributed by atoms with Gasteiger partial charge >= 0.3 is 0 Å². The second kappa shape index (κ2) is 6.01. The number of hydrogen-bond acceptors (Lipinski definition) is 5. The van der Waals surface area contributed by atoms with Crippen LogP contribution in [0.4, 0.5) is 0 Å². The Morgan fingerprint density at radius 3 is 2.65 bits per heavy atom. The second-order valence-electron chi connectivity index (χ2n) is 6.15. The highest BCUT2D eigenvalue weighted by atomic mass is 32.2. The molecule has 0 saturated carbocycles. The highest BCUT2D eigenvalue weighted by Crippen LogP contribution is 2.27. The molecule has 0 aromatic carbocycles. The lowest BCUT2D eigenvalue weighted by atomic mass is 9.98. The van der Waals surface area contributed by atoms with Crippen molar-refractivity contribution in [2.75, 3.05) is 19.3 Å². The van der Waals surface area contributed by atoms with E-state index in [0.717, 1.165) is 35.6 Å². The van der Waals surface area contributed by atoms with Gasteiger partial charge in [-0.25, -0.2) is 22.7 Å². The summed E-state index contributed by atoms with van der Waals surface area (Å²) >= 11 is 0. The van der Waals surface area contributed by atoms with Gasteiger partial charge in [0.1, 0.15) is 11.5 Å². The minimum Gasteiger partial charge on any atom is -0.282 e. The highest BCUT2D eigenvalue weighted by Gasteiger charge is 2.28. The van der Waals surface area contributed by atoms with E-state index in [1.54, 1.807) is 0 Å². The van der Waals surface area contributed by atoms with E-state index in [-0.39, 0.29) is 5.92 Å². The van der Waals surface area contributed by atoms with E-state index in [9.17, 15) is 8.42 Å². The van der Waals surface area contributed by atoms with Gasteiger partial charge in [0.2, 0.25) is 10.0 Å². The van der Waals surface area contributed by atoms with E-state index >= 15 is 0 Å². The van der Waals surface area contributed by atoms with Crippen LogP contribution in [-0.2, 0) is 10.0 Å². The van der Waals surface area contributed by atoms with Gasteiger partial charge in [-0.1, -0.05) is 0 Å². The van der Waals surface area contributed by atoms with Crippen LogP contribution in [0.15, 0.2) is 12.1 Å². The molecule has 1 aliphatic heterocycles. The average Bonchev–Trinajstić information content (AvgIpc) is 2.92. The van der Waals surface area contributed by atoms with Gasteiger partial charge in [-0.2, -0.15) is 5.10 Å². The summed E-state index contributed by atoms with van der Waals surface area (Å²) in [5.74, 6) is 0.728. The lowest BCUT2D eigenvalue weighted by Gasteiger charge is -2.30. The highest BCUT2D eigenvalue weighted by molar-refractivity contribution is 7.88. The molecule has 2 aromatic rings. The SMILES string of the molecule is Cc1cc(-c2cc(C)[nH]n2)nc([C@H]2CCCN(S(C)(=O)=O)C2)n1. The fourth-order valence-electron chi connectivity index (χ4n) is 2.91. The summed E-state index contributed by atoms with van der Waals surface area (Å²) in [6, 6.07) is 3.84. The Morgan fingerprint density at radius 1 is 1.22 bits per heavy atom. The van der Waals surface area contributed by atoms with Crippen molar-refractivity contribution < 1.29 is 8.42 Å². The van der Waals surface area contributed by atoms with Crippen LogP contribution in [0.5, 0.6) is 0 Å². The molecule has 0 amide bonds. The van der Waals surface area contributed by atoms with Crippen molar-refractivity contribution in [3.05, 3.63) is 29.3 Å². The molecule has 1 saturated heterocycles. The van der Waals surface area contributed by atoms with Gasteiger partial charge in [-0.05, 0) is 38.8 Å². The lowest BCUT2D eigenvalue weighted by molar-refractivity contribution is 0.311. The molecule has 124 valence electrons. The third-order valence-electron chi connectivity index (χ3n) is 4.06. The number of sulfonamides is 1. The van der Waals surface area contributed by atoms with E-state index < -0.39 is 10.0 Å². The largest absolute Gasteiger partial charge is 0.282 e. The normalized spacial score (nSPS) is 19.9. The molecule has 7 nitrogen and oxygen atoms in total. The van der Waals surface area contributed by atoms with E-state index in [4.69, 9.17) is 0 Å². The predicted molar refractivity (Wildman–Crippen MR) is 87.5 cm³/mol. The maximum Gasteiger partial charge on any atom is 0.211 e. The van der Waals surface area contributed by atoms with Crippen LogP contribution in [0.2, 0.25) is 0 Å². The van der Waals surface area contributed by atoms with Crippen LogP contribution >= 0.6 is 0 Å². The molecule has 1 fully saturated rings. The lowest BCUT2D eigenvalue weighted by Crippen LogP contribution is -2.38. The van der Waals surface area contributed by atoms with Crippen molar-refractivity contribution in [1.82, 2.24) is 24.5 Å². The third kappa shape index (κ3) is 3.59. The number of aromatic amines is 1. The van der Waals surface area contributed by atoms with Crippen LogP contribution in [0.3, 0.4) is 0 Å². The van der Waals surface area contributed by atoms with E-state index in [1.165, 1.54) is 10.6 Å². The minimum absolute atomic E-state index is 0.0252. The van der Waals surface area contributed by atoms with Crippen molar-refractivity contribution in [3.63, 3.8) is 0 Å². The zero-order valence-electron chi connectivity index (χ0n) is 13.6. The molecular formula is C15H21N5O2S. The first-order chi connectivity index (χ1) is 10.8. The molecule has 0 bridgehead atoms. The quantitative estimate of drug-likeness (QED) is 0.920. The molecule has 0 radical (unpaired) electrons. The van der Waals surface area contributed by atoms with Crippen LogP contribution in [-0.4, -0.2) is 52.2 Å². The van der Waals surface area contributed by atoms with Gasteiger partial charge in [-0.15, -0.1) is 0 Å². The number of nitrogens with one attached hydrogen (secondary N) is 1. The Morgan fingerprint density at radius 2 is 2.00 bits per heavy atom. The molecule has 0 spiro atoms. The monoisotopic (exact) mass is 335 g/mol. The Balaban J connectivity index is 1.92. The van der Waals surface area contributed by atoms with Gasteiger partial charge in [0.25, 0.3) is 0 Å². The van der Waals surface area contributed by atoms with Crippen molar-refractivity contribution >= 4 is 10.0 Å². The Labute approximate surface area is 136 Å². The van der Waals surface area contributed by atoms with Crippen molar-refractivity contribution in [2.45, 2.75) is 32.6 Å².